The van der Waals surface area contributed by atoms with E-state index >= 15 is 0 Å². The van der Waals surface area contributed by atoms with Crippen molar-refractivity contribution in [2.75, 3.05) is 6.61 Å². The van der Waals surface area contributed by atoms with Crippen LogP contribution in [0, 0.1) is 0 Å². The molecular weight excluding hydrogens is 216 g/mol. The molecule has 0 aromatic heterocycles. The molecule has 0 heterocycles. The SMILES string of the molecule is C=CCOC(=O)C=C.C=Cc1ccccc1O. The van der Waals surface area contributed by atoms with Crippen LogP contribution in [-0.2, 0) is 9.53 Å². The Morgan fingerprint density at radius 3 is 2.35 bits per heavy atom. The summed E-state index contributed by atoms with van der Waals surface area (Å²) in [7, 11) is 0. The second-order valence-corrected chi connectivity index (χ2v) is 2.89. The first-order chi connectivity index (χ1) is 8.15. The van der Waals surface area contributed by atoms with E-state index in [4.69, 9.17) is 5.11 Å². The smallest absolute Gasteiger partial charge is 0.330 e. The largest absolute Gasteiger partial charge is 0.507 e. The highest BCUT2D eigenvalue weighted by Gasteiger charge is 1.90. The van der Waals surface area contributed by atoms with E-state index in [2.05, 4.69) is 24.5 Å². The number of carbonyl (C=O) groups excluding carboxylic acids is 1. The van der Waals surface area contributed by atoms with Crippen molar-refractivity contribution in [2.24, 2.45) is 0 Å². The number of rotatable bonds is 4. The van der Waals surface area contributed by atoms with E-state index in [1.54, 1.807) is 18.2 Å². The molecule has 90 valence electrons. The Morgan fingerprint density at radius 1 is 1.29 bits per heavy atom. The lowest BCUT2D eigenvalue weighted by molar-refractivity contribution is -0.136. The molecule has 3 heteroatoms. The minimum atomic E-state index is -0.412. The molecule has 1 aromatic carbocycles. The van der Waals surface area contributed by atoms with Crippen molar-refractivity contribution >= 4 is 12.0 Å². The van der Waals surface area contributed by atoms with Gasteiger partial charge in [0.1, 0.15) is 12.4 Å². The number of phenols is 1. The Hall–Kier alpha value is -2.29. The van der Waals surface area contributed by atoms with E-state index in [1.807, 2.05) is 12.1 Å². The van der Waals surface area contributed by atoms with Crippen molar-refractivity contribution in [1.29, 1.82) is 0 Å². The molecule has 0 atom stereocenters. The molecule has 0 radical (unpaired) electrons. The summed E-state index contributed by atoms with van der Waals surface area (Å²) in [6, 6.07) is 7.08. The summed E-state index contributed by atoms with van der Waals surface area (Å²) in [6.07, 6.45) is 4.24. The van der Waals surface area contributed by atoms with Gasteiger partial charge in [-0.05, 0) is 6.07 Å². The van der Waals surface area contributed by atoms with E-state index in [9.17, 15) is 4.79 Å². The molecule has 0 aliphatic heterocycles. The Kier molecular flexibility index (Phi) is 7.76. The quantitative estimate of drug-likeness (QED) is 0.493. The predicted molar refractivity (Wildman–Crippen MR) is 69.6 cm³/mol. The summed E-state index contributed by atoms with van der Waals surface area (Å²) in [5.74, 6) is -0.127. The second kappa shape index (κ2) is 8.97. The first kappa shape index (κ1) is 14.7. The van der Waals surface area contributed by atoms with Crippen molar-refractivity contribution in [2.45, 2.75) is 0 Å². The Labute approximate surface area is 101 Å². The maximum absolute atomic E-state index is 10.2. The number of hydrogen-bond donors (Lipinski definition) is 1. The van der Waals surface area contributed by atoms with Crippen LogP contribution in [0.25, 0.3) is 6.08 Å². The van der Waals surface area contributed by atoms with Crippen LogP contribution in [0.4, 0.5) is 0 Å². The number of para-hydroxylation sites is 1. The molecule has 0 bridgehead atoms. The summed E-state index contributed by atoms with van der Waals surface area (Å²) in [4.78, 5) is 10.2. The number of ether oxygens (including phenoxy) is 1. The Bertz CT molecular complexity index is 394. The molecule has 0 aliphatic carbocycles. The van der Waals surface area contributed by atoms with Crippen molar-refractivity contribution < 1.29 is 14.6 Å². The normalized spacial score (nSPS) is 8.24. The fourth-order valence-corrected chi connectivity index (χ4v) is 0.860. The third-order valence-corrected chi connectivity index (χ3v) is 1.67. The fourth-order valence-electron chi connectivity index (χ4n) is 0.860. The average Bonchev–Trinajstić information content (AvgIpc) is 2.37. The minimum absolute atomic E-state index is 0.255. The molecule has 0 fully saturated rings. The number of carbonyl (C=O) groups is 1. The summed E-state index contributed by atoms with van der Waals surface area (Å²) in [6.45, 7) is 10.3. The zero-order valence-corrected chi connectivity index (χ0v) is 9.63. The van der Waals surface area contributed by atoms with Crippen LogP contribution < -0.4 is 0 Å². The van der Waals surface area contributed by atoms with Gasteiger partial charge < -0.3 is 9.84 Å². The molecule has 0 amide bonds. The third kappa shape index (κ3) is 6.73. The summed E-state index contributed by atoms with van der Waals surface area (Å²) in [5.41, 5.74) is 0.775. The first-order valence-corrected chi connectivity index (χ1v) is 4.96. The lowest BCUT2D eigenvalue weighted by Gasteiger charge is -1.93. The number of phenolic OH excluding ortho intramolecular Hbond substituents is 1. The van der Waals surface area contributed by atoms with Gasteiger partial charge in [0, 0.05) is 11.6 Å². The zero-order valence-electron chi connectivity index (χ0n) is 9.63. The van der Waals surface area contributed by atoms with Gasteiger partial charge in [0.15, 0.2) is 0 Å². The molecule has 0 unspecified atom stereocenters. The van der Waals surface area contributed by atoms with E-state index < -0.39 is 5.97 Å². The van der Waals surface area contributed by atoms with Crippen LogP contribution in [0.1, 0.15) is 5.56 Å². The number of hydrogen-bond acceptors (Lipinski definition) is 3. The lowest BCUT2D eigenvalue weighted by atomic mass is 10.2. The minimum Gasteiger partial charge on any atom is -0.507 e. The highest BCUT2D eigenvalue weighted by molar-refractivity contribution is 5.81. The molecule has 17 heavy (non-hydrogen) atoms. The highest BCUT2D eigenvalue weighted by atomic mass is 16.5. The Balaban J connectivity index is 0.000000304. The molecule has 3 nitrogen and oxygen atoms in total. The van der Waals surface area contributed by atoms with Gasteiger partial charge in [-0.15, -0.1) is 0 Å². The standard InChI is InChI=1S/C8H8O.C6H8O2/c1-2-7-5-3-4-6-8(7)9;1-3-5-8-6(7)4-2/h2-6,9H,1H2;3-4H,1-2,5H2. The van der Waals surface area contributed by atoms with E-state index in [1.165, 1.54) is 6.08 Å². The maximum atomic E-state index is 10.2. The van der Waals surface area contributed by atoms with Crippen LogP contribution in [0.3, 0.4) is 0 Å². The number of esters is 1. The van der Waals surface area contributed by atoms with E-state index in [0.717, 1.165) is 11.6 Å². The van der Waals surface area contributed by atoms with Gasteiger partial charge in [-0.1, -0.05) is 50.1 Å². The maximum Gasteiger partial charge on any atom is 0.330 e. The molecule has 0 saturated heterocycles. The predicted octanol–water partition coefficient (Wildman–Crippen LogP) is 2.94. The highest BCUT2D eigenvalue weighted by Crippen LogP contribution is 2.15. The molecule has 1 aromatic rings. The van der Waals surface area contributed by atoms with Crippen LogP contribution in [0.5, 0.6) is 5.75 Å². The second-order valence-electron chi connectivity index (χ2n) is 2.89. The number of benzene rings is 1. The van der Waals surface area contributed by atoms with Gasteiger partial charge in [-0.25, -0.2) is 4.79 Å². The molecule has 1 rings (SSSR count). The summed E-state index contributed by atoms with van der Waals surface area (Å²) in [5, 5.41) is 9.04. The molecule has 0 saturated carbocycles. The van der Waals surface area contributed by atoms with Gasteiger partial charge in [-0.2, -0.15) is 0 Å². The monoisotopic (exact) mass is 232 g/mol. The molecule has 1 N–H and O–H groups in total. The van der Waals surface area contributed by atoms with Crippen molar-refractivity contribution in [3.05, 3.63) is 61.7 Å². The van der Waals surface area contributed by atoms with Gasteiger partial charge in [-0.3, -0.25) is 0 Å². The fraction of sp³-hybridized carbons (Fsp3) is 0.0714. The third-order valence-electron chi connectivity index (χ3n) is 1.67. The summed E-state index contributed by atoms with van der Waals surface area (Å²) < 4.78 is 4.47. The number of aromatic hydroxyl groups is 1. The van der Waals surface area contributed by atoms with Crippen molar-refractivity contribution in [3.63, 3.8) is 0 Å². The Morgan fingerprint density at radius 2 is 1.94 bits per heavy atom. The van der Waals surface area contributed by atoms with E-state index in [-0.39, 0.29) is 12.4 Å². The van der Waals surface area contributed by atoms with Gasteiger partial charge in [0.25, 0.3) is 0 Å². The van der Waals surface area contributed by atoms with Gasteiger partial charge >= 0.3 is 5.97 Å². The molecular formula is C14H16O3. The van der Waals surface area contributed by atoms with Gasteiger partial charge in [0.2, 0.25) is 0 Å². The topological polar surface area (TPSA) is 46.5 Å². The van der Waals surface area contributed by atoms with E-state index in [0.29, 0.717) is 0 Å². The van der Waals surface area contributed by atoms with Crippen molar-refractivity contribution in [3.8, 4) is 5.75 Å². The van der Waals surface area contributed by atoms with Crippen LogP contribution in [0.2, 0.25) is 0 Å². The first-order valence-electron chi connectivity index (χ1n) is 4.96. The molecule has 0 aliphatic rings. The van der Waals surface area contributed by atoms with Crippen LogP contribution >= 0.6 is 0 Å². The zero-order chi connectivity index (χ0) is 13.1. The van der Waals surface area contributed by atoms with Crippen LogP contribution in [-0.4, -0.2) is 17.7 Å². The molecule has 0 spiro atoms. The lowest BCUT2D eigenvalue weighted by Crippen LogP contribution is -1.98. The summed E-state index contributed by atoms with van der Waals surface area (Å²) >= 11 is 0. The van der Waals surface area contributed by atoms with Crippen LogP contribution in [0.15, 0.2) is 56.2 Å². The average molecular weight is 232 g/mol. The van der Waals surface area contributed by atoms with Gasteiger partial charge in [0.05, 0.1) is 0 Å². The van der Waals surface area contributed by atoms with Crippen molar-refractivity contribution in [1.82, 2.24) is 0 Å².